The number of fused-ring (bicyclic) bond motifs is 2. The van der Waals surface area contributed by atoms with Crippen LogP contribution in [-0.2, 0) is 10.8 Å². The van der Waals surface area contributed by atoms with Gasteiger partial charge in [0.15, 0.2) is 0 Å². The normalized spacial score (nSPS) is 9.77. The van der Waals surface area contributed by atoms with Gasteiger partial charge in [0.1, 0.15) is 5.58 Å². The highest BCUT2D eigenvalue weighted by molar-refractivity contribution is 7.17. The lowest BCUT2D eigenvalue weighted by molar-refractivity contribution is 0.559. The predicted octanol–water partition coefficient (Wildman–Crippen LogP) is 12.7. The molecule has 0 atom stereocenters. The standard InChI is InChI=1S/C12H14O.C12H14S.4C2H6.CH4/c2*1-12(2,3)10-6-4-5-9-7-8-13-11(9)10;4*1-2;/h2*4-8H,1-3H3;4*1-2H3;1H4. The third-order valence-corrected chi connectivity index (χ3v) is 5.54. The molecule has 0 amide bonds. The van der Waals surface area contributed by atoms with Crippen LogP contribution in [0.3, 0.4) is 0 Å². The lowest BCUT2D eigenvalue weighted by Gasteiger charge is -2.19. The van der Waals surface area contributed by atoms with Crippen LogP contribution in [0.1, 0.15) is 115 Å². The van der Waals surface area contributed by atoms with Gasteiger partial charge in [0, 0.05) is 15.6 Å². The first kappa shape index (κ1) is 37.5. The molecule has 2 heteroatoms. The second-order valence-electron chi connectivity index (χ2n) is 8.79. The minimum Gasteiger partial charge on any atom is -0.464 e. The van der Waals surface area contributed by atoms with E-state index in [1.54, 1.807) is 6.26 Å². The van der Waals surface area contributed by atoms with Gasteiger partial charge >= 0.3 is 0 Å². The Hall–Kier alpha value is -2.06. The van der Waals surface area contributed by atoms with Crippen molar-refractivity contribution in [2.24, 2.45) is 0 Å². The predicted molar refractivity (Wildman–Crippen MR) is 168 cm³/mol. The Morgan fingerprint density at radius 2 is 1.03 bits per heavy atom. The van der Waals surface area contributed by atoms with Crippen molar-refractivity contribution in [3.05, 3.63) is 71.3 Å². The van der Waals surface area contributed by atoms with Crippen LogP contribution in [0.5, 0.6) is 0 Å². The molecule has 2 aromatic carbocycles. The van der Waals surface area contributed by atoms with Gasteiger partial charge in [-0.15, -0.1) is 11.3 Å². The van der Waals surface area contributed by atoms with E-state index in [-0.39, 0.29) is 18.3 Å². The van der Waals surface area contributed by atoms with Crippen LogP contribution >= 0.6 is 11.3 Å². The van der Waals surface area contributed by atoms with Crippen molar-refractivity contribution in [3.63, 3.8) is 0 Å². The Bertz CT molecular complexity index is 923. The number of hydrogen-bond donors (Lipinski definition) is 0. The van der Waals surface area contributed by atoms with Crippen LogP contribution in [-0.4, -0.2) is 0 Å². The molecule has 0 bridgehead atoms. The Kier molecular flexibility index (Phi) is 20.5. The second kappa shape index (κ2) is 19.2. The molecule has 0 aliphatic rings. The van der Waals surface area contributed by atoms with Gasteiger partial charge < -0.3 is 4.42 Å². The van der Waals surface area contributed by atoms with E-state index in [4.69, 9.17) is 4.42 Å². The molecule has 1 nitrogen and oxygen atoms in total. The zero-order valence-electron chi connectivity index (χ0n) is 24.6. The molecular weight excluding hydrogens is 444 g/mol. The quantitative estimate of drug-likeness (QED) is 0.234. The Labute approximate surface area is 223 Å². The van der Waals surface area contributed by atoms with Crippen molar-refractivity contribution in [3.8, 4) is 0 Å². The van der Waals surface area contributed by atoms with Gasteiger partial charge in [0.2, 0.25) is 0 Å². The van der Waals surface area contributed by atoms with Gasteiger partial charge in [-0.3, -0.25) is 0 Å². The summed E-state index contributed by atoms with van der Waals surface area (Å²) in [6.45, 7) is 29.4. The van der Waals surface area contributed by atoms with E-state index in [9.17, 15) is 0 Å². The molecule has 2 aromatic heterocycles. The summed E-state index contributed by atoms with van der Waals surface area (Å²) < 4.78 is 6.92. The number of furan rings is 1. The average Bonchev–Trinajstić information content (AvgIpc) is 3.52. The first-order valence-electron chi connectivity index (χ1n) is 13.1. The lowest BCUT2D eigenvalue weighted by atomic mass is 9.86. The molecule has 0 fully saturated rings. The average molecular weight is 501 g/mol. The fourth-order valence-corrected chi connectivity index (χ4v) is 4.29. The van der Waals surface area contributed by atoms with Gasteiger partial charge in [0.05, 0.1) is 6.26 Å². The van der Waals surface area contributed by atoms with Gasteiger partial charge in [-0.25, -0.2) is 0 Å². The van der Waals surface area contributed by atoms with Crippen LogP contribution in [0.2, 0.25) is 0 Å². The highest BCUT2D eigenvalue weighted by atomic mass is 32.1. The summed E-state index contributed by atoms with van der Waals surface area (Å²) in [4.78, 5) is 0. The number of para-hydroxylation sites is 1. The molecule has 0 radical (unpaired) electrons. The highest BCUT2D eigenvalue weighted by Crippen LogP contribution is 2.33. The molecule has 0 unspecified atom stereocenters. The van der Waals surface area contributed by atoms with E-state index >= 15 is 0 Å². The third-order valence-electron chi connectivity index (χ3n) is 4.57. The fraction of sp³-hybridized carbons (Fsp3) is 0.515. The first-order valence-corrected chi connectivity index (χ1v) is 14.0. The van der Waals surface area contributed by atoms with E-state index in [1.165, 1.54) is 26.6 Å². The van der Waals surface area contributed by atoms with Crippen LogP contribution in [0.15, 0.2) is 64.6 Å². The van der Waals surface area contributed by atoms with Crippen molar-refractivity contribution in [2.45, 2.75) is 115 Å². The summed E-state index contributed by atoms with van der Waals surface area (Å²) in [5.41, 5.74) is 4.16. The Morgan fingerprint density at radius 3 is 1.51 bits per heavy atom. The summed E-state index contributed by atoms with van der Waals surface area (Å²) >= 11 is 1.84. The zero-order valence-corrected chi connectivity index (χ0v) is 25.4. The SMILES string of the molecule is C.CC.CC.CC.CC.CC(C)(C)c1cccc2ccoc12.CC(C)(C)c1cccc2ccsc12. The second-order valence-corrected chi connectivity index (χ2v) is 9.71. The van der Waals surface area contributed by atoms with Crippen molar-refractivity contribution in [2.75, 3.05) is 0 Å². The van der Waals surface area contributed by atoms with Gasteiger partial charge in [-0.2, -0.15) is 0 Å². The van der Waals surface area contributed by atoms with Gasteiger partial charge in [-0.1, -0.05) is 141 Å². The van der Waals surface area contributed by atoms with E-state index in [0.29, 0.717) is 0 Å². The molecule has 4 aromatic rings. The molecule has 35 heavy (non-hydrogen) atoms. The molecule has 2 heterocycles. The molecule has 200 valence electrons. The summed E-state index contributed by atoms with van der Waals surface area (Å²) in [6.07, 6.45) is 1.75. The number of thiophene rings is 1. The molecule has 0 aliphatic heterocycles. The minimum atomic E-state index is 0. The molecule has 0 N–H and O–H groups in total. The van der Waals surface area contributed by atoms with E-state index in [1.807, 2.05) is 72.8 Å². The molecule has 0 aliphatic carbocycles. The van der Waals surface area contributed by atoms with Gasteiger partial charge in [-0.05, 0) is 39.3 Å². The lowest BCUT2D eigenvalue weighted by Crippen LogP contribution is -2.10. The summed E-state index contributed by atoms with van der Waals surface area (Å²) in [6, 6.07) is 17.0. The number of hydrogen-bond acceptors (Lipinski definition) is 2. The number of rotatable bonds is 0. The topological polar surface area (TPSA) is 13.1 Å². The van der Waals surface area contributed by atoms with Crippen molar-refractivity contribution < 1.29 is 4.42 Å². The summed E-state index contributed by atoms with van der Waals surface area (Å²) in [7, 11) is 0. The Balaban J connectivity index is -0.000000446. The number of benzene rings is 2. The largest absolute Gasteiger partial charge is 0.464 e. The van der Waals surface area contributed by atoms with Crippen molar-refractivity contribution in [1.29, 1.82) is 0 Å². The van der Waals surface area contributed by atoms with Crippen LogP contribution in [0, 0.1) is 0 Å². The molecular formula is C33H56OS. The van der Waals surface area contributed by atoms with Crippen molar-refractivity contribution >= 4 is 32.4 Å². The maximum absolute atomic E-state index is 5.48. The fourth-order valence-electron chi connectivity index (χ4n) is 3.17. The maximum atomic E-state index is 5.48. The molecule has 4 rings (SSSR count). The van der Waals surface area contributed by atoms with Crippen LogP contribution in [0.4, 0.5) is 0 Å². The maximum Gasteiger partial charge on any atom is 0.137 e. The minimum absolute atomic E-state index is 0. The highest BCUT2D eigenvalue weighted by Gasteiger charge is 2.18. The molecule has 0 saturated carbocycles. The van der Waals surface area contributed by atoms with E-state index in [2.05, 4.69) is 89.4 Å². The smallest absolute Gasteiger partial charge is 0.137 e. The third kappa shape index (κ3) is 11.5. The van der Waals surface area contributed by atoms with Crippen LogP contribution < -0.4 is 0 Å². The molecule has 0 spiro atoms. The van der Waals surface area contributed by atoms with E-state index in [0.717, 1.165) is 5.58 Å². The monoisotopic (exact) mass is 500 g/mol. The van der Waals surface area contributed by atoms with Gasteiger partial charge in [0.25, 0.3) is 0 Å². The summed E-state index contributed by atoms with van der Waals surface area (Å²) in [5.74, 6) is 0. The zero-order chi connectivity index (χ0) is 26.9. The molecule has 0 saturated heterocycles. The van der Waals surface area contributed by atoms with Crippen molar-refractivity contribution in [1.82, 2.24) is 0 Å². The first-order chi connectivity index (χ1) is 16.2. The summed E-state index contributed by atoms with van der Waals surface area (Å²) in [5, 5.41) is 4.73. The Morgan fingerprint density at radius 1 is 0.571 bits per heavy atom. The van der Waals surface area contributed by atoms with Crippen LogP contribution in [0.25, 0.3) is 21.1 Å². The van der Waals surface area contributed by atoms with E-state index < -0.39 is 0 Å².